The molecule has 0 fully saturated rings. The second-order valence-corrected chi connectivity index (χ2v) is 10.0. The largest absolute Gasteiger partial charge is 0.490 e. The minimum Gasteiger partial charge on any atom is -0.490 e. The van der Waals surface area contributed by atoms with Crippen LogP contribution in [0.5, 0.6) is 11.5 Å². The first-order valence-corrected chi connectivity index (χ1v) is 14.1. The fourth-order valence-corrected chi connectivity index (χ4v) is 5.21. The van der Waals surface area contributed by atoms with Crippen LogP contribution in [0.3, 0.4) is 0 Å². The van der Waals surface area contributed by atoms with Gasteiger partial charge >= 0.3 is 0 Å². The molecule has 0 bridgehead atoms. The van der Waals surface area contributed by atoms with Crippen molar-refractivity contribution in [2.75, 3.05) is 13.2 Å². The summed E-state index contributed by atoms with van der Waals surface area (Å²) in [7, 11) is 0. The number of aryl methyl sites for hydroxylation is 2. The molecule has 0 saturated heterocycles. The minimum atomic E-state index is -0.665. The average molecular weight is 553 g/mol. The maximum absolute atomic E-state index is 14.1. The second-order valence-electron chi connectivity index (χ2n) is 10.0. The Morgan fingerprint density at radius 2 is 1.24 bits per heavy atom. The maximum atomic E-state index is 14.1. The molecular weight excluding hydrogens is 516 g/mol. The van der Waals surface area contributed by atoms with E-state index < -0.39 is 5.92 Å². The third kappa shape index (κ3) is 5.50. The lowest BCUT2D eigenvalue weighted by Gasteiger charge is -2.19. The maximum Gasteiger partial charge on any atom is 0.275 e. The van der Waals surface area contributed by atoms with E-state index in [1.54, 1.807) is 0 Å². The van der Waals surface area contributed by atoms with Crippen molar-refractivity contribution in [2.45, 2.75) is 46.5 Å². The Hall–Kier alpha value is -4.72. The predicted octanol–water partition coefficient (Wildman–Crippen LogP) is 6.02. The Balaban J connectivity index is 1.73. The standard InChI is InChI=1S/C33H36N4O4/c1-5-7-20-41-27-19-18-24(21-28(27)40-6-2)31(29-22(3)34-36(32(29)38)25-14-10-8-11-15-25)30-23(4)35-37(33(30)39)26-16-12-9-13-17-26/h8-19,21,31,34-35H,5-7,20H2,1-4H3. The third-order valence-electron chi connectivity index (χ3n) is 7.20. The van der Waals surface area contributed by atoms with Crippen molar-refractivity contribution in [1.29, 1.82) is 0 Å². The summed E-state index contributed by atoms with van der Waals surface area (Å²) in [6.45, 7) is 8.80. The van der Waals surface area contributed by atoms with Crippen LogP contribution in [0.25, 0.3) is 11.4 Å². The predicted molar refractivity (Wildman–Crippen MR) is 161 cm³/mol. The molecule has 0 radical (unpaired) electrons. The smallest absolute Gasteiger partial charge is 0.275 e. The molecule has 41 heavy (non-hydrogen) atoms. The Kier molecular flexibility index (Phi) is 8.29. The number of hydrogen-bond acceptors (Lipinski definition) is 4. The van der Waals surface area contributed by atoms with Gasteiger partial charge in [0.05, 0.1) is 35.7 Å². The minimum absolute atomic E-state index is 0.216. The highest BCUT2D eigenvalue weighted by molar-refractivity contribution is 5.52. The lowest BCUT2D eigenvalue weighted by Crippen LogP contribution is -2.25. The molecule has 2 N–H and O–H groups in total. The van der Waals surface area contributed by atoms with E-state index >= 15 is 0 Å². The van der Waals surface area contributed by atoms with Gasteiger partial charge in [0.25, 0.3) is 11.1 Å². The topological polar surface area (TPSA) is 94.0 Å². The molecule has 2 aromatic heterocycles. The Morgan fingerprint density at radius 3 is 1.73 bits per heavy atom. The number of para-hydroxylation sites is 2. The molecule has 8 nitrogen and oxygen atoms in total. The highest BCUT2D eigenvalue weighted by Crippen LogP contribution is 2.37. The number of hydrogen-bond donors (Lipinski definition) is 2. The highest BCUT2D eigenvalue weighted by Gasteiger charge is 2.31. The molecular formula is C33H36N4O4. The number of aromatic amines is 2. The lowest BCUT2D eigenvalue weighted by molar-refractivity contribution is 0.272. The van der Waals surface area contributed by atoms with Gasteiger partial charge in [-0.2, -0.15) is 0 Å². The third-order valence-corrected chi connectivity index (χ3v) is 7.20. The molecule has 5 rings (SSSR count). The molecule has 0 aliphatic heterocycles. The zero-order valence-electron chi connectivity index (χ0n) is 23.9. The van der Waals surface area contributed by atoms with Gasteiger partial charge in [-0.1, -0.05) is 55.8 Å². The van der Waals surface area contributed by atoms with E-state index in [9.17, 15) is 9.59 Å². The van der Waals surface area contributed by atoms with Crippen molar-refractivity contribution in [1.82, 2.24) is 19.6 Å². The number of aromatic nitrogens is 4. The average Bonchev–Trinajstić information content (AvgIpc) is 3.45. The zero-order valence-corrected chi connectivity index (χ0v) is 23.9. The summed E-state index contributed by atoms with van der Waals surface area (Å²) in [5.74, 6) is 0.559. The van der Waals surface area contributed by atoms with Gasteiger partial charge in [-0.05, 0) is 69.2 Å². The molecule has 2 heterocycles. The van der Waals surface area contributed by atoms with Crippen LogP contribution in [0.4, 0.5) is 0 Å². The normalized spacial score (nSPS) is 11.2. The molecule has 5 aromatic rings. The molecule has 0 amide bonds. The van der Waals surface area contributed by atoms with Crippen LogP contribution < -0.4 is 20.6 Å². The molecule has 0 spiro atoms. The van der Waals surface area contributed by atoms with Crippen molar-refractivity contribution >= 4 is 0 Å². The van der Waals surface area contributed by atoms with Gasteiger partial charge in [0.1, 0.15) is 0 Å². The van der Waals surface area contributed by atoms with Crippen LogP contribution in [0, 0.1) is 13.8 Å². The first-order chi connectivity index (χ1) is 19.9. The monoisotopic (exact) mass is 552 g/mol. The Morgan fingerprint density at radius 1 is 0.707 bits per heavy atom. The van der Waals surface area contributed by atoms with Crippen LogP contribution in [0.2, 0.25) is 0 Å². The van der Waals surface area contributed by atoms with E-state index in [2.05, 4.69) is 17.1 Å². The van der Waals surface area contributed by atoms with Crippen LogP contribution in [0.15, 0.2) is 88.5 Å². The number of nitrogens with zero attached hydrogens (tertiary/aromatic N) is 2. The van der Waals surface area contributed by atoms with Crippen molar-refractivity contribution in [3.05, 3.63) is 128 Å². The Labute approximate surface area is 239 Å². The fraction of sp³-hybridized carbons (Fsp3) is 0.273. The van der Waals surface area contributed by atoms with E-state index in [1.165, 1.54) is 9.36 Å². The van der Waals surface area contributed by atoms with Crippen LogP contribution >= 0.6 is 0 Å². The summed E-state index contributed by atoms with van der Waals surface area (Å²) >= 11 is 0. The van der Waals surface area contributed by atoms with Gasteiger partial charge < -0.3 is 9.47 Å². The SMILES string of the molecule is CCCCOc1ccc(C(c2c(C)[nH]n(-c3ccccc3)c2=O)c2c(C)[nH]n(-c3ccccc3)c2=O)cc1OCC. The highest BCUT2D eigenvalue weighted by atomic mass is 16.5. The zero-order chi connectivity index (χ0) is 28.9. The van der Waals surface area contributed by atoms with Crippen LogP contribution in [-0.4, -0.2) is 32.8 Å². The summed E-state index contributed by atoms with van der Waals surface area (Å²) in [5.41, 5.74) is 4.10. The van der Waals surface area contributed by atoms with Gasteiger partial charge in [0.15, 0.2) is 11.5 Å². The summed E-state index contributed by atoms with van der Waals surface area (Å²) in [6, 6.07) is 24.5. The first kappa shape index (κ1) is 27.8. The van der Waals surface area contributed by atoms with Crippen LogP contribution in [-0.2, 0) is 0 Å². The van der Waals surface area contributed by atoms with Gasteiger partial charge in [0, 0.05) is 17.3 Å². The fourth-order valence-electron chi connectivity index (χ4n) is 5.21. The van der Waals surface area contributed by atoms with E-state index in [-0.39, 0.29) is 11.1 Å². The van der Waals surface area contributed by atoms with Crippen molar-refractivity contribution < 1.29 is 9.47 Å². The van der Waals surface area contributed by atoms with E-state index in [1.807, 2.05) is 99.6 Å². The lowest BCUT2D eigenvalue weighted by atomic mass is 9.85. The molecule has 0 unspecified atom stereocenters. The number of unbranched alkanes of at least 4 members (excludes halogenated alkanes) is 1. The van der Waals surface area contributed by atoms with E-state index in [0.29, 0.717) is 58.6 Å². The summed E-state index contributed by atoms with van der Waals surface area (Å²) < 4.78 is 15.1. The number of H-pyrrole nitrogens is 2. The van der Waals surface area contributed by atoms with Gasteiger partial charge in [-0.15, -0.1) is 0 Å². The number of rotatable bonds is 11. The van der Waals surface area contributed by atoms with Gasteiger partial charge in [0.2, 0.25) is 0 Å². The summed E-state index contributed by atoms with van der Waals surface area (Å²) in [4.78, 5) is 28.2. The number of ether oxygens (including phenoxy) is 2. The molecule has 3 aromatic carbocycles. The molecule has 0 aliphatic carbocycles. The summed E-state index contributed by atoms with van der Waals surface area (Å²) in [5, 5.41) is 6.48. The Bertz CT molecular complexity index is 1630. The number of benzene rings is 3. The van der Waals surface area contributed by atoms with E-state index in [0.717, 1.165) is 18.4 Å². The van der Waals surface area contributed by atoms with Crippen molar-refractivity contribution in [3.63, 3.8) is 0 Å². The van der Waals surface area contributed by atoms with Crippen molar-refractivity contribution in [3.8, 4) is 22.9 Å². The second kappa shape index (κ2) is 12.2. The molecule has 0 saturated carbocycles. The molecule has 0 atom stereocenters. The van der Waals surface area contributed by atoms with Crippen molar-refractivity contribution in [2.24, 2.45) is 0 Å². The van der Waals surface area contributed by atoms with E-state index in [4.69, 9.17) is 9.47 Å². The molecule has 212 valence electrons. The number of nitrogens with one attached hydrogen (secondary N) is 2. The quantitative estimate of drug-likeness (QED) is 0.196. The summed E-state index contributed by atoms with van der Waals surface area (Å²) in [6.07, 6.45) is 1.95. The van der Waals surface area contributed by atoms with Gasteiger partial charge in [-0.25, -0.2) is 9.36 Å². The molecule has 0 aliphatic rings. The molecule has 8 heteroatoms. The van der Waals surface area contributed by atoms with Gasteiger partial charge in [-0.3, -0.25) is 19.8 Å². The van der Waals surface area contributed by atoms with Crippen LogP contribution in [0.1, 0.15) is 60.7 Å². The first-order valence-electron chi connectivity index (χ1n) is 14.1.